The van der Waals surface area contributed by atoms with E-state index in [1.165, 1.54) is 0 Å². The summed E-state index contributed by atoms with van der Waals surface area (Å²) in [5.74, 6) is 0.445. The average molecular weight is 185 g/mol. The van der Waals surface area contributed by atoms with Crippen molar-refractivity contribution in [3.63, 3.8) is 0 Å². The van der Waals surface area contributed by atoms with E-state index >= 15 is 0 Å². The lowest BCUT2D eigenvalue weighted by molar-refractivity contribution is -0.150. The van der Waals surface area contributed by atoms with E-state index < -0.39 is 0 Å². The molecule has 76 valence electrons. The number of carbonyl (C=O) groups excluding carboxylic acids is 1. The van der Waals surface area contributed by atoms with Crippen LogP contribution in [0.3, 0.4) is 0 Å². The molecule has 0 aliphatic carbocycles. The minimum atomic E-state index is -0.0469. The molecule has 0 spiro atoms. The first-order valence-corrected chi connectivity index (χ1v) is 5.05. The fourth-order valence-electron chi connectivity index (χ4n) is 1.90. The molecular formula is C10H19NO2. The van der Waals surface area contributed by atoms with Gasteiger partial charge in [0.25, 0.3) is 0 Å². The molecule has 0 aromatic heterocycles. The van der Waals surface area contributed by atoms with Crippen LogP contribution in [0.5, 0.6) is 0 Å². The fourth-order valence-corrected chi connectivity index (χ4v) is 1.90. The van der Waals surface area contributed by atoms with Crippen LogP contribution < -0.4 is 5.32 Å². The predicted octanol–water partition coefficient (Wildman–Crippen LogP) is 1.18. The van der Waals surface area contributed by atoms with Gasteiger partial charge >= 0.3 is 5.97 Å². The molecule has 0 saturated carbocycles. The lowest BCUT2D eigenvalue weighted by atomic mass is 9.85. The summed E-state index contributed by atoms with van der Waals surface area (Å²) in [6.45, 7) is 7.37. The third-order valence-electron chi connectivity index (χ3n) is 2.69. The van der Waals surface area contributed by atoms with Crippen LogP contribution in [-0.2, 0) is 9.53 Å². The smallest absolute Gasteiger partial charge is 0.310 e. The normalized spacial score (nSPS) is 34.2. The largest absolute Gasteiger partial charge is 0.466 e. The van der Waals surface area contributed by atoms with Gasteiger partial charge in [0.15, 0.2) is 0 Å². The van der Waals surface area contributed by atoms with Crippen LogP contribution >= 0.6 is 0 Å². The van der Waals surface area contributed by atoms with Gasteiger partial charge in [-0.15, -0.1) is 0 Å². The first kappa shape index (κ1) is 10.5. The molecule has 1 aliphatic rings. The number of rotatable bonds is 2. The second-order valence-electron chi connectivity index (χ2n) is 3.88. The molecule has 3 heteroatoms. The van der Waals surface area contributed by atoms with Gasteiger partial charge in [-0.2, -0.15) is 0 Å². The van der Waals surface area contributed by atoms with E-state index in [1.807, 2.05) is 6.92 Å². The molecule has 1 rings (SSSR count). The number of hydrogen-bond acceptors (Lipinski definition) is 3. The maximum Gasteiger partial charge on any atom is 0.310 e. The molecule has 0 aromatic rings. The predicted molar refractivity (Wildman–Crippen MR) is 51.4 cm³/mol. The van der Waals surface area contributed by atoms with Gasteiger partial charge < -0.3 is 10.1 Å². The molecule has 0 amide bonds. The Hall–Kier alpha value is -0.570. The van der Waals surface area contributed by atoms with E-state index in [9.17, 15) is 4.79 Å². The molecule has 1 fully saturated rings. The maximum atomic E-state index is 11.5. The lowest BCUT2D eigenvalue weighted by Crippen LogP contribution is -2.45. The first-order chi connectivity index (χ1) is 6.15. The average Bonchev–Trinajstić information content (AvgIpc) is 2.04. The fraction of sp³-hybridized carbons (Fsp3) is 0.900. The third kappa shape index (κ3) is 2.69. The minimum Gasteiger partial charge on any atom is -0.466 e. The SMILES string of the molecule is CCOC(=O)C1CNC(C)CC1C. The Morgan fingerprint density at radius 3 is 2.77 bits per heavy atom. The Morgan fingerprint density at radius 1 is 1.54 bits per heavy atom. The van der Waals surface area contributed by atoms with Gasteiger partial charge in [0, 0.05) is 12.6 Å². The second-order valence-corrected chi connectivity index (χ2v) is 3.88. The molecule has 1 saturated heterocycles. The molecule has 1 heterocycles. The van der Waals surface area contributed by atoms with E-state index in [2.05, 4.69) is 19.2 Å². The standard InChI is InChI=1S/C10H19NO2/c1-4-13-10(12)9-6-11-8(3)5-7(9)2/h7-9,11H,4-6H2,1-3H3. The first-order valence-electron chi connectivity index (χ1n) is 5.05. The van der Waals surface area contributed by atoms with Crippen LogP contribution in [0.25, 0.3) is 0 Å². The van der Waals surface area contributed by atoms with E-state index in [4.69, 9.17) is 4.74 Å². The summed E-state index contributed by atoms with van der Waals surface area (Å²) in [5.41, 5.74) is 0. The molecule has 3 nitrogen and oxygen atoms in total. The monoisotopic (exact) mass is 185 g/mol. The number of piperidine rings is 1. The van der Waals surface area contributed by atoms with E-state index in [0.29, 0.717) is 18.6 Å². The van der Waals surface area contributed by atoms with E-state index in [1.54, 1.807) is 0 Å². The van der Waals surface area contributed by atoms with Crippen LogP contribution in [0.15, 0.2) is 0 Å². The molecule has 1 N–H and O–H groups in total. The van der Waals surface area contributed by atoms with Crippen LogP contribution in [0.4, 0.5) is 0 Å². The second kappa shape index (κ2) is 4.61. The Labute approximate surface area is 79.8 Å². The zero-order chi connectivity index (χ0) is 9.84. The molecular weight excluding hydrogens is 166 g/mol. The van der Waals surface area contributed by atoms with Crippen molar-refractivity contribution < 1.29 is 9.53 Å². The van der Waals surface area contributed by atoms with Gasteiger partial charge in [-0.25, -0.2) is 0 Å². The molecule has 0 radical (unpaired) electrons. The van der Waals surface area contributed by atoms with Gasteiger partial charge in [-0.1, -0.05) is 6.92 Å². The number of ether oxygens (including phenoxy) is 1. The Balaban J connectivity index is 2.45. The molecule has 1 aliphatic heterocycles. The highest BCUT2D eigenvalue weighted by Crippen LogP contribution is 2.22. The van der Waals surface area contributed by atoms with Crippen molar-refractivity contribution in [3.05, 3.63) is 0 Å². The van der Waals surface area contributed by atoms with Gasteiger partial charge in [0.05, 0.1) is 12.5 Å². The lowest BCUT2D eigenvalue weighted by Gasteiger charge is -2.31. The third-order valence-corrected chi connectivity index (χ3v) is 2.69. The summed E-state index contributed by atoms with van der Waals surface area (Å²) in [7, 11) is 0. The van der Waals surface area contributed by atoms with Crippen LogP contribution in [-0.4, -0.2) is 25.2 Å². The van der Waals surface area contributed by atoms with E-state index in [0.717, 1.165) is 13.0 Å². The Kier molecular flexibility index (Phi) is 3.72. The summed E-state index contributed by atoms with van der Waals surface area (Å²) < 4.78 is 5.01. The molecule has 13 heavy (non-hydrogen) atoms. The van der Waals surface area contributed by atoms with Gasteiger partial charge in [0.1, 0.15) is 0 Å². The maximum absolute atomic E-state index is 11.5. The quantitative estimate of drug-likeness (QED) is 0.657. The zero-order valence-electron chi connectivity index (χ0n) is 8.67. The summed E-state index contributed by atoms with van der Waals surface area (Å²) in [6, 6.07) is 0.528. The minimum absolute atomic E-state index is 0.0469. The van der Waals surface area contributed by atoms with Crippen molar-refractivity contribution in [3.8, 4) is 0 Å². The summed E-state index contributed by atoms with van der Waals surface area (Å²) in [6.07, 6.45) is 1.06. The van der Waals surface area contributed by atoms with Crippen molar-refractivity contribution in [1.29, 1.82) is 0 Å². The molecule has 0 bridgehead atoms. The van der Waals surface area contributed by atoms with Gasteiger partial charge in [0.2, 0.25) is 0 Å². The van der Waals surface area contributed by atoms with Crippen molar-refractivity contribution in [2.24, 2.45) is 11.8 Å². The van der Waals surface area contributed by atoms with Gasteiger partial charge in [-0.3, -0.25) is 4.79 Å². The number of hydrogen-bond donors (Lipinski definition) is 1. The topological polar surface area (TPSA) is 38.3 Å². The molecule has 0 aromatic carbocycles. The van der Waals surface area contributed by atoms with Crippen molar-refractivity contribution in [1.82, 2.24) is 5.32 Å². The Morgan fingerprint density at radius 2 is 2.23 bits per heavy atom. The number of esters is 1. The molecule has 3 atom stereocenters. The molecule has 3 unspecified atom stereocenters. The van der Waals surface area contributed by atoms with Crippen LogP contribution in [0.2, 0.25) is 0 Å². The summed E-state index contributed by atoms with van der Waals surface area (Å²) in [4.78, 5) is 11.5. The number of carbonyl (C=O) groups is 1. The zero-order valence-corrected chi connectivity index (χ0v) is 8.67. The van der Waals surface area contributed by atoms with Gasteiger partial charge in [-0.05, 0) is 26.2 Å². The highest BCUT2D eigenvalue weighted by molar-refractivity contribution is 5.73. The Bertz CT molecular complexity index is 182. The number of nitrogens with one attached hydrogen (secondary N) is 1. The van der Waals surface area contributed by atoms with Crippen molar-refractivity contribution in [2.75, 3.05) is 13.2 Å². The summed E-state index contributed by atoms with van der Waals surface area (Å²) >= 11 is 0. The van der Waals surface area contributed by atoms with Crippen molar-refractivity contribution in [2.45, 2.75) is 33.2 Å². The van der Waals surface area contributed by atoms with Crippen LogP contribution in [0, 0.1) is 11.8 Å². The van der Waals surface area contributed by atoms with Crippen LogP contribution in [0.1, 0.15) is 27.2 Å². The highest BCUT2D eigenvalue weighted by Gasteiger charge is 2.31. The van der Waals surface area contributed by atoms with E-state index in [-0.39, 0.29) is 11.9 Å². The van der Waals surface area contributed by atoms with Crippen molar-refractivity contribution >= 4 is 5.97 Å². The highest BCUT2D eigenvalue weighted by atomic mass is 16.5. The summed E-state index contributed by atoms with van der Waals surface area (Å²) in [5, 5.41) is 3.30.